The topological polar surface area (TPSA) is 112 Å². The SMILES string of the molecule is CC1(C)c2[nH]c3ccccc3c2C[C@H]2C(=O)N(N=Cc3cccc([N+](=O)[O-])c3)CC(=O)N21. The van der Waals surface area contributed by atoms with Crippen molar-refractivity contribution in [1.29, 1.82) is 0 Å². The van der Waals surface area contributed by atoms with Gasteiger partial charge in [-0.3, -0.25) is 19.7 Å². The maximum Gasteiger partial charge on any atom is 0.270 e. The zero-order valence-corrected chi connectivity index (χ0v) is 17.6. The highest BCUT2D eigenvalue weighted by atomic mass is 16.6. The summed E-state index contributed by atoms with van der Waals surface area (Å²) in [6, 6.07) is 13.2. The summed E-state index contributed by atoms with van der Waals surface area (Å²) in [6.45, 7) is 3.71. The molecule has 3 heterocycles. The second kappa shape index (κ2) is 7.01. The molecule has 2 amide bonds. The largest absolute Gasteiger partial charge is 0.356 e. The molecule has 162 valence electrons. The minimum Gasteiger partial charge on any atom is -0.356 e. The number of hydrogen-bond donors (Lipinski definition) is 1. The lowest BCUT2D eigenvalue weighted by Gasteiger charge is -2.50. The van der Waals surface area contributed by atoms with Crippen LogP contribution >= 0.6 is 0 Å². The van der Waals surface area contributed by atoms with Crippen molar-refractivity contribution in [2.24, 2.45) is 5.10 Å². The molecule has 0 unspecified atom stereocenters. The summed E-state index contributed by atoms with van der Waals surface area (Å²) in [5.41, 5.74) is 2.69. The Morgan fingerprint density at radius 1 is 1.19 bits per heavy atom. The van der Waals surface area contributed by atoms with Gasteiger partial charge in [0.1, 0.15) is 12.6 Å². The third kappa shape index (κ3) is 2.96. The Labute approximate surface area is 183 Å². The molecule has 2 aliphatic heterocycles. The van der Waals surface area contributed by atoms with Gasteiger partial charge in [-0.15, -0.1) is 0 Å². The summed E-state index contributed by atoms with van der Waals surface area (Å²) in [7, 11) is 0. The summed E-state index contributed by atoms with van der Waals surface area (Å²) < 4.78 is 0. The van der Waals surface area contributed by atoms with Crippen LogP contribution in [0.1, 0.15) is 30.7 Å². The van der Waals surface area contributed by atoms with Crippen LogP contribution < -0.4 is 0 Å². The van der Waals surface area contributed by atoms with Gasteiger partial charge >= 0.3 is 0 Å². The molecular formula is C23H21N5O4. The van der Waals surface area contributed by atoms with Gasteiger partial charge in [-0.2, -0.15) is 5.10 Å². The van der Waals surface area contributed by atoms with Gasteiger partial charge in [-0.05, 0) is 25.5 Å². The van der Waals surface area contributed by atoms with Crippen molar-refractivity contribution in [2.75, 3.05) is 6.54 Å². The summed E-state index contributed by atoms with van der Waals surface area (Å²) in [5, 5.41) is 17.4. The molecule has 1 N–H and O–H groups in total. The highest BCUT2D eigenvalue weighted by molar-refractivity contribution is 5.98. The van der Waals surface area contributed by atoms with Crippen LogP contribution in [-0.2, 0) is 21.5 Å². The number of nitrogens with zero attached hydrogens (tertiary/aromatic N) is 4. The lowest BCUT2D eigenvalue weighted by atomic mass is 9.82. The second-order valence-corrected chi connectivity index (χ2v) is 8.56. The van der Waals surface area contributed by atoms with Crippen LogP contribution in [0.5, 0.6) is 0 Å². The highest BCUT2D eigenvalue weighted by Crippen LogP contribution is 2.42. The van der Waals surface area contributed by atoms with E-state index in [0.717, 1.165) is 27.2 Å². The minimum atomic E-state index is -0.681. The Morgan fingerprint density at radius 3 is 2.75 bits per heavy atom. The third-order valence-corrected chi connectivity index (χ3v) is 6.26. The van der Waals surface area contributed by atoms with Crippen LogP contribution in [0.4, 0.5) is 5.69 Å². The number of nitro groups is 1. The van der Waals surface area contributed by atoms with Crippen molar-refractivity contribution in [3.8, 4) is 0 Å². The molecule has 0 bridgehead atoms. The number of piperazine rings is 1. The van der Waals surface area contributed by atoms with E-state index in [1.807, 2.05) is 38.1 Å². The average molecular weight is 431 g/mol. The molecule has 1 fully saturated rings. The van der Waals surface area contributed by atoms with Crippen molar-refractivity contribution in [3.05, 3.63) is 75.5 Å². The van der Waals surface area contributed by atoms with E-state index in [1.165, 1.54) is 18.3 Å². The summed E-state index contributed by atoms with van der Waals surface area (Å²) in [6.07, 6.45) is 1.77. The number of hydrazone groups is 1. The Bertz CT molecular complexity index is 1310. The van der Waals surface area contributed by atoms with Gasteiger partial charge in [0.2, 0.25) is 5.91 Å². The smallest absolute Gasteiger partial charge is 0.270 e. The molecule has 32 heavy (non-hydrogen) atoms. The maximum atomic E-state index is 13.4. The molecule has 0 saturated carbocycles. The number of hydrogen-bond acceptors (Lipinski definition) is 5. The predicted octanol–water partition coefficient (Wildman–Crippen LogP) is 2.94. The molecule has 0 aliphatic carbocycles. The van der Waals surface area contributed by atoms with Crippen LogP contribution in [0, 0.1) is 10.1 Å². The van der Waals surface area contributed by atoms with Gasteiger partial charge in [0.15, 0.2) is 0 Å². The number of benzene rings is 2. The molecule has 9 heteroatoms. The highest BCUT2D eigenvalue weighted by Gasteiger charge is 2.51. The average Bonchev–Trinajstić information content (AvgIpc) is 3.15. The first-order valence-electron chi connectivity index (χ1n) is 10.3. The van der Waals surface area contributed by atoms with Crippen molar-refractivity contribution in [3.63, 3.8) is 0 Å². The Hall–Kier alpha value is -4.01. The number of carbonyl (C=O) groups is 2. The maximum absolute atomic E-state index is 13.4. The van der Waals surface area contributed by atoms with Crippen LogP contribution in [0.15, 0.2) is 53.6 Å². The quantitative estimate of drug-likeness (QED) is 0.390. The van der Waals surface area contributed by atoms with E-state index in [0.29, 0.717) is 12.0 Å². The number of nitrogens with one attached hydrogen (secondary N) is 1. The van der Waals surface area contributed by atoms with E-state index >= 15 is 0 Å². The fourth-order valence-corrected chi connectivity index (χ4v) is 4.82. The van der Waals surface area contributed by atoms with Crippen LogP contribution in [0.25, 0.3) is 10.9 Å². The number of non-ortho nitro benzene ring substituents is 1. The lowest BCUT2D eigenvalue weighted by Crippen LogP contribution is -2.66. The number of para-hydroxylation sites is 1. The number of rotatable bonds is 3. The summed E-state index contributed by atoms with van der Waals surface area (Å²) in [4.78, 5) is 42.1. The number of carbonyl (C=O) groups excluding carboxylic acids is 2. The van der Waals surface area contributed by atoms with Gasteiger partial charge in [-0.25, -0.2) is 5.01 Å². The first-order chi connectivity index (χ1) is 15.3. The normalized spacial score (nSPS) is 20.0. The Balaban J connectivity index is 1.49. The number of H-pyrrole nitrogens is 1. The zero-order chi connectivity index (χ0) is 22.6. The molecule has 2 aliphatic rings. The second-order valence-electron chi connectivity index (χ2n) is 8.56. The van der Waals surface area contributed by atoms with Gasteiger partial charge in [0, 0.05) is 40.7 Å². The van der Waals surface area contributed by atoms with Gasteiger partial charge in [0.25, 0.3) is 11.6 Å². The summed E-state index contributed by atoms with van der Waals surface area (Å²) in [5.74, 6) is -0.463. The molecule has 3 aromatic rings. The number of amides is 2. The van der Waals surface area contributed by atoms with E-state index in [-0.39, 0.29) is 24.0 Å². The van der Waals surface area contributed by atoms with E-state index in [4.69, 9.17) is 0 Å². The van der Waals surface area contributed by atoms with E-state index in [1.54, 1.807) is 17.0 Å². The number of aromatic amines is 1. The predicted molar refractivity (Wildman–Crippen MR) is 118 cm³/mol. The Morgan fingerprint density at radius 2 is 1.97 bits per heavy atom. The first kappa shape index (κ1) is 19.9. The van der Waals surface area contributed by atoms with Gasteiger partial charge < -0.3 is 9.88 Å². The molecule has 1 atom stereocenters. The minimum absolute atomic E-state index is 0.0675. The number of nitro benzene ring substituents is 1. The van der Waals surface area contributed by atoms with Crippen LogP contribution in [0.3, 0.4) is 0 Å². The van der Waals surface area contributed by atoms with Crippen molar-refractivity contribution in [2.45, 2.75) is 31.8 Å². The van der Waals surface area contributed by atoms with Gasteiger partial charge in [0.05, 0.1) is 16.7 Å². The van der Waals surface area contributed by atoms with E-state index in [2.05, 4.69) is 10.1 Å². The number of aromatic nitrogens is 1. The summed E-state index contributed by atoms with van der Waals surface area (Å²) >= 11 is 0. The molecule has 0 radical (unpaired) electrons. The van der Waals surface area contributed by atoms with Crippen LogP contribution in [-0.4, -0.2) is 50.4 Å². The Kier molecular flexibility index (Phi) is 4.37. The molecule has 2 aromatic carbocycles. The van der Waals surface area contributed by atoms with Crippen LogP contribution in [0.2, 0.25) is 0 Å². The monoisotopic (exact) mass is 431 g/mol. The standard InChI is InChI=1S/C23H21N5O4/c1-23(2)21-17(16-8-3-4-9-18(16)25-21)11-19-22(30)26(13-20(29)27(19)23)24-12-14-6-5-7-15(10-14)28(31)32/h3-10,12,19,25H,11,13H2,1-2H3/t19-/m0/s1. The molecule has 1 saturated heterocycles. The molecular weight excluding hydrogens is 410 g/mol. The van der Waals surface area contributed by atoms with Crippen molar-refractivity contribution in [1.82, 2.24) is 14.9 Å². The van der Waals surface area contributed by atoms with E-state index in [9.17, 15) is 19.7 Å². The lowest BCUT2D eigenvalue weighted by molar-refractivity contribution is -0.384. The fraction of sp³-hybridized carbons (Fsp3) is 0.261. The van der Waals surface area contributed by atoms with Crippen molar-refractivity contribution >= 4 is 34.6 Å². The van der Waals surface area contributed by atoms with Gasteiger partial charge in [-0.1, -0.05) is 30.3 Å². The van der Waals surface area contributed by atoms with Crippen molar-refractivity contribution < 1.29 is 14.5 Å². The molecule has 9 nitrogen and oxygen atoms in total. The van der Waals surface area contributed by atoms with E-state index < -0.39 is 16.5 Å². The first-order valence-corrected chi connectivity index (χ1v) is 10.3. The molecule has 1 aromatic heterocycles. The molecule has 5 rings (SSSR count). The number of fused-ring (bicyclic) bond motifs is 4. The molecule has 0 spiro atoms. The third-order valence-electron chi connectivity index (χ3n) is 6.26. The zero-order valence-electron chi connectivity index (χ0n) is 17.6. The fourth-order valence-electron chi connectivity index (χ4n) is 4.82.